The Labute approximate surface area is 181 Å². The zero-order chi connectivity index (χ0) is 21.3. The van der Waals surface area contributed by atoms with Crippen LogP contribution in [0, 0.1) is 0 Å². The van der Waals surface area contributed by atoms with Gasteiger partial charge in [-0.15, -0.1) is 0 Å². The van der Waals surface area contributed by atoms with Crippen LogP contribution in [0.2, 0.25) is 0 Å². The van der Waals surface area contributed by atoms with Gasteiger partial charge >= 0.3 is 5.97 Å². The van der Waals surface area contributed by atoms with Crippen LogP contribution in [-0.2, 0) is 9.53 Å². The summed E-state index contributed by atoms with van der Waals surface area (Å²) in [5.41, 5.74) is 4.99. The smallest absolute Gasteiger partial charge is 0.342 e. The Morgan fingerprint density at radius 3 is 2.13 bits per heavy atom. The van der Waals surface area contributed by atoms with Crippen molar-refractivity contribution in [2.24, 2.45) is 0 Å². The highest BCUT2D eigenvalue weighted by Gasteiger charge is 2.16. The molecule has 0 unspecified atom stereocenters. The number of ether oxygens (including phenoxy) is 2. The van der Waals surface area contributed by atoms with Crippen LogP contribution in [0.4, 0.5) is 0 Å². The van der Waals surface area contributed by atoms with Crippen LogP contribution >= 0.6 is 15.9 Å². The molecule has 3 rings (SSSR count). The van der Waals surface area contributed by atoms with Crippen molar-refractivity contribution in [3.05, 3.63) is 94.5 Å². The van der Waals surface area contributed by atoms with Crippen molar-refractivity contribution in [1.29, 1.82) is 0 Å². The van der Waals surface area contributed by atoms with Crippen LogP contribution in [0.5, 0.6) is 11.5 Å². The largest absolute Gasteiger partial charge is 0.456 e. The highest BCUT2D eigenvalue weighted by atomic mass is 79.9. The molecular formula is C22H17BrN2O5. The third-order valence-electron chi connectivity index (χ3n) is 3.85. The monoisotopic (exact) mass is 468 g/mol. The summed E-state index contributed by atoms with van der Waals surface area (Å²) >= 11 is 3.26. The van der Waals surface area contributed by atoms with E-state index < -0.39 is 24.4 Å². The summed E-state index contributed by atoms with van der Waals surface area (Å²) in [4.78, 5) is 36.4. The first-order valence-electron chi connectivity index (χ1n) is 8.87. The van der Waals surface area contributed by atoms with E-state index in [4.69, 9.17) is 9.47 Å². The second kappa shape index (κ2) is 10.2. The highest BCUT2D eigenvalue weighted by Crippen LogP contribution is 2.25. The van der Waals surface area contributed by atoms with Gasteiger partial charge in [-0.1, -0.05) is 42.5 Å². The topological polar surface area (TPSA) is 93.7 Å². The number of benzene rings is 3. The van der Waals surface area contributed by atoms with Crippen molar-refractivity contribution >= 4 is 33.7 Å². The Bertz CT molecular complexity index is 1060. The van der Waals surface area contributed by atoms with E-state index in [1.54, 1.807) is 54.6 Å². The number of hydrogen-bond acceptors (Lipinski definition) is 5. The van der Waals surface area contributed by atoms with Gasteiger partial charge in [0.1, 0.15) is 17.1 Å². The Morgan fingerprint density at radius 1 is 0.767 bits per heavy atom. The van der Waals surface area contributed by atoms with Gasteiger partial charge in [0.05, 0.1) is 5.56 Å². The van der Waals surface area contributed by atoms with E-state index >= 15 is 0 Å². The fourth-order valence-corrected chi connectivity index (χ4v) is 2.89. The summed E-state index contributed by atoms with van der Waals surface area (Å²) in [6.07, 6.45) is 0. The molecule has 0 aromatic heterocycles. The molecule has 0 bridgehead atoms. The maximum atomic E-state index is 12.4. The highest BCUT2D eigenvalue weighted by molar-refractivity contribution is 9.10. The standard InChI is InChI=1S/C22H17BrN2O5/c23-18-12-6-4-10-16(18)21(27)25-24-20(26)14-29-22(28)17-11-5-7-13-19(17)30-15-8-2-1-3-9-15/h1-13H,14H2,(H,24,26)(H,25,27). The van der Waals surface area contributed by atoms with E-state index in [1.807, 2.05) is 18.2 Å². The molecule has 2 amide bonds. The predicted molar refractivity (Wildman–Crippen MR) is 113 cm³/mol. The number of hydrazine groups is 1. The number of esters is 1. The van der Waals surface area contributed by atoms with Gasteiger partial charge in [0.15, 0.2) is 6.61 Å². The first-order chi connectivity index (χ1) is 14.5. The molecule has 0 atom stereocenters. The van der Waals surface area contributed by atoms with Crippen LogP contribution < -0.4 is 15.6 Å². The molecule has 0 saturated carbocycles. The van der Waals surface area contributed by atoms with Crippen molar-refractivity contribution in [2.75, 3.05) is 6.61 Å². The molecule has 8 heteroatoms. The minimum Gasteiger partial charge on any atom is -0.456 e. The van der Waals surface area contributed by atoms with Crippen molar-refractivity contribution in [1.82, 2.24) is 10.9 Å². The second-order valence-corrected chi connectivity index (χ2v) is 6.82. The lowest BCUT2D eigenvalue weighted by Crippen LogP contribution is -2.43. The SMILES string of the molecule is O=C(COC(=O)c1ccccc1Oc1ccccc1)NNC(=O)c1ccccc1Br. The molecule has 30 heavy (non-hydrogen) atoms. The molecule has 0 fully saturated rings. The fourth-order valence-electron chi connectivity index (χ4n) is 2.42. The summed E-state index contributed by atoms with van der Waals surface area (Å²) in [6, 6.07) is 22.3. The number of hydrogen-bond donors (Lipinski definition) is 2. The second-order valence-electron chi connectivity index (χ2n) is 5.97. The molecule has 7 nitrogen and oxygen atoms in total. The Morgan fingerprint density at radius 2 is 1.40 bits per heavy atom. The molecule has 0 aliphatic heterocycles. The third kappa shape index (κ3) is 5.68. The molecule has 0 heterocycles. The van der Waals surface area contributed by atoms with Gasteiger partial charge in [-0.2, -0.15) is 0 Å². The zero-order valence-corrected chi connectivity index (χ0v) is 17.2. The third-order valence-corrected chi connectivity index (χ3v) is 4.54. The minimum atomic E-state index is -0.728. The molecule has 0 saturated heterocycles. The van der Waals surface area contributed by atoms with Crippen LogP contribution in [0.25, 0.3) is 0 Å². The normalized spacial score (nSPS) is 10.0. The van der Waals surface area contributed by atoms with Gasteiger partial charge in [0.25, 0.3) is 11.8 Å². The maximum absolute atomic E-state index is 12.4. The summed E-state index contributed by atoms with van der Waals surface area (Å²) < 4.78 is 11.3. The van der Waals surface area contributed by atoms with Crippen molar-refractivity contribution in [2.45, 2.75) is 0 Å². The molecule has 152 valence electrons. The van der Waals surface area contributed by atoms with Crippen LogP contribution in [0.3, 0.4) is 0 Å². The number of carbonyl (C=O) groups excluding carboxylic acids is 3. The molecule has 0 radical (unpaired) electrons. The molecule has 3 aromatic rings. The number of para-hydroxylation sites is 2. The lowest BCUT2D eigenvalue weighted by atomic mass is 10.2. The van der Waals surface area contributed by atoms with Crippen LogP contribution in [0.1, 0.15) is 20.7 Å². The number of amides is 2. The lowest BCUT2D eigenvalue weighted by Gasteiger charge is -2.11. The molecule has 2 N–H and O–H groups in total. The molecule has 0 aliphatic rings. The van der Waals surface area contributed by atoms with Crippen molar-refractivity contribution in [3.63, 3.8) is 0 Å². The first kappa shape index (κ1) is 21.1. The summed E-state index contributed by atoms with van der Waals surface area (Å²) in [7, 11) is 0. The van der Waals surface area contributed by atoms with Gasteiger partial charge < -0.3 is 9.47 Å². The van der Waals surface area contributed by atoms with Crippen molar-refractivity contribution in [3.8, 4) is 11.5 Å². The molecule has 3 aromatic carbocycles. The van der Waals surface area contributed by atoms with E-state index in [1.165, 1.54) is 6.07 Å². The van der Waals surface area contributed by atoms with Crippen LogP contribution in [-0.4, -0.2) is 24.4 Å². The summed E-state index contributed by atoms with van der Waals surface area (Å²) in [5.74, 6) is -1.07. The van der Waals surface area contributed by atoms with Crippen molar-refractivity contribution < 1.29 is 23.9 Å². The average molecular weight is 469 g/mol. The first-order valence-corrected chi connectivity index (χ1v) is 9.66. The molecular weight excluding hydrogens is 452 g/mol. The van der Waals surface area contributed by atoms with Gasteiger partial charge in [-0.05, 0) is 52.3 Å². The summed E-state index contributed by atoms with van der Waals surface area (Å²) in [6.45, 7) is -0.575. The van der Waals surface area contributed by atoms with E-state index in [0.29, 0.717) is 21.5 Å². The Hall–Kier alpha value is -3.65. The van der Waals surface area contributed by atoms with E-state index in [-0.39, 0.29) is 5.56 Å². The Kier molecular flexibility index (Phi) is 7.18. The molecule has 0 aliphatic carbocycles. The average Bonchev–Trinajstić information content (AvgIpc) is 2.77. The zero-order valence-electron chi connectivity index (χ0n) is 15.6. The van der Waals surface area contributed by atoms with E-state index in [0.717, 1.165) is 0 Å². The van der Waals surface area contributed by atoms with Gasteiger partial charge in [0, 0.05) is 4.47 Å². The van der Waals surface area contributed by atoms with Crippen LogP contribution in [0.15, 0.2) is 83.3 Å². The number of carbonyl (C=O) groups is 3. The fraction of sp³-hybridized carbons (Fsp3) is 0.0455. The van der Waals surface area contributed by atoms with E-state index in [9.17, 15) is 14.4 Å². The minimum absolute atomic E-state index is 0.173. The maximum Gasteiger partial charge on any atom is 0.342 e. The Balaban J connectivity index is 1.54. The van der Waals surface area contributed by atoms with Gasteiger partial charge in [-0.25, -0.2) is 4.79 Å². The number of halogens is 1. The van der Waals surface area contributed by atoms with E-state index in [2.05, 4.69) is 26.8 Å². The molecule has 0 spiro atoms. The number of rotatable bonds is 6. The predicted octanol–water partition coefficient (Wildman–Crippen LogP) is 3.86. The van der Waals surface area contributed by atoms with Gasteiger partial charge in [-0.3, -0.25) is 20.4 Å². The quantitative estimate of drug-likeness (QED) is 0.423. The summed E-state index contributed by atoms with van der Waals surface area (Å²) in [5, 5.41) is 0. The number of nitrogens with one attached hydrogen (secondary N) is 2. The lowest BCUT2D eigenvalue weighted by molar-refractivity contribution is -0.125. The van der Waals surface area contributed by atoms with Gasteiger partial charge in [0.2, 0.25) is 0 Å².